The van der Waals surface area contributed by atoms with Crippen LogP contribution in [-0.2, 0) is 43.8 Å². The van der Waals surface area contributed by atoms with E-state index < -0.39 is 82.3 Å². The molecule has 5 aromatic carbocycles. The van der Waals surface area contributed by atoms with Crippen LogP contribution in [0, 0.1) is 17.8 Å². The summed E-state index contributed by atoms with van der Waals surface area (Å²) in [5, 5.41) is 20.5. The molecule has 12 rings (SSSR count). The number of ether oxygens (including phenoxy) is 1. The number of likely N-dealkylation sites (tertiary alicyclic amines) is 3. The number of hydrogen-bond donors (Lipinski definition) is 5. The van der Waals surface area contributed by atoms with Crippen molar-refractivity contribution in [3.63, 3.8) is 0 Å². The van der Waals surface area contributed by atoms with Gasteiger partial charge in [-0.15, -0.1) is 23.1 Å². The fourth-order valence-electron chi connectivity index (χ4n) is 16.6. The lowest BCUT2D eigenvalue weighted by atomic mass is 9.71. The van der Waals surface area contributed by atoms with Crippen LogP contribution in [0.15, 0.2) is 147 Å². The van der Waals surface area contributed by atoms with Crippen LogP contribution < -0.4 is 25.6 Å². The van der Waals surface area contributed by atoms with Crippen molar-refractivity contribution in [3.05, 3.63) is 160 Å². The standard InChI is InChI=1S/C83H105ClF3N11O11S4/c1-55(57-18-20-59(21-19-57)76-56(2)88-54-111-76)89-79(103)72-45-67(99)51-98(72)80(104)77(81(3,4)5)91-74(100)16-12-7-8-13-17-75(101)97-50-65-44-66(97)49-96(65)53-82(6)34-32-70(58-22-26-62(84)27-23-58)61(47-82)48-94-36-38-95(39-37-94)64-28-24-60(25-29-64)78(102)92-113(107,108)69-30-31-71(73(46-69)112(105,106)83(85,86)87)90-63(33-35-93-40-42-109-43-41-93)52-110-68-14-10-9-11-15-68/h9-11,14-15,18-31,46,54-55,63,65-67,72,77,90,99H,7-8,12-13,16-17,32-45,47-53H2,1-6H3,(H,89,103)(H,91,100)(H,92,102)/t55-,63+,65-,66-,67+,72-,77+,82?/m0/s1. The molecule has 113 heavy (non-hydrogen) atoms. The normalized spacial score (nSPS) is 21.6. The number of allylic oxidation sites excluding steroid dienone is 1. The number of hydrogen-bond acceptors (Lipinski definition) is 19. The highest BCUT2D eigenvalue weighted by Crippen LogP contribution is 2.46. The molecule has 610 valence electrons. The largest absolute Gasteiger partial charge is 0.501 e. The SMILES string of the molecule is Cc1ncsc1-c1ccc([C@H](C)NC(=O)[C@@H]2C[C@@H](O)CN2C(=O)[C@@H](NC(=O)CCCCCCC(=O)N2C[C@@H]3C[C@H]2CN3CC2(C)CCC(c3ccc(Cl)cc3)=C(CN3CCN(c4ccc(C(=O)NS(=O)(=O)c5ccc(N[C@H](CCN6CCOCC6)CSc6ccccc6)c(S(=O)(=O)C(F)(F)F)c5)cc4)CC3)C2)C(C)(C)C)cc1. The lowest BCUT2D eigenvalue weighted by molar-refractivity contribution is -0.144. The predicted molar refractivity (Wildman–Crippen MR) is 436 cm³/mol. The van der Waals surface area contributed by atoms with Crippen LogP contribution in [0.3, 0.4) is 0 Å². The van der Waals surface area contributed by atoms with Crippen molar-refractivity contribution < 1.29 is 63.8 Å². The van der Waals surface area contributed by atoms with Gasteiger partial charge in [-0.25, -0.2) is 26.5 Å². The zero-order valence-electron chi connectivity index (χ0n) is 65.1. The summed E-state index contributed by atoms with van der Waals surface area (Å²) in [6.07, 6.45) is 6.80. The number of thiazole rings is 1. The molecule has 5 saturated heterocycles. The van der Waals surface area contributed by atoms with Gasteiger partial charge in [0.05, 0.1) is 52.0 Å². The number of thioether (sulfide) groups is 1. The first-order chi connectivity index (χ1) is 53.8. The van der Waals surface area contributed by atoms with E-state index in [1.165, 1.54) is 39.9 Å². The number of fused-ring (bicyclic) bond motifs is 2. The average molecular weight is 1650 g/mol. The van der Waals surface area contributed by atoms with Gasteiger partial charge in [-0.3, -0.25) is 38.7 Å². The molecular weight excluding hydrogens is 1550 g/mol. The quantitative estimate of drug-likeness (QED) is 0.0200. The van der Waals surface area contributed by atoms with Gasteiger partial charge in [0.15, 0.2) is 0 Å². The molecule has 30 heteroatoms. The summed E-state index contributed by atoms with van der Waals surface area (Å²) in [6, 6.07) is 31.8. The van der Waals surface area contributed by atoms with Gasteiger partial charge in [0.25, 0.3) is 25.8 Å². The van der Waals surface area contributed by atoms with Crippen LogP contribution in [0.1, 0.15) is 145 Å². The number of carbonyl (C=O) groups excluding carboxylic acids is 5. The molecule has 6 aromatic rings. The predicted octanol–water partition coefficient (Wildman–Crippen LogP) is 12.2. The van der Waals surface area contributed by atoms with Crippen LogP contribution in [-0.4, -0.2) is 220 Å². The molecular formula is C83H105ClF3N11O11S4. The Morgan fingerprint density at radius 3 is 2.12 bits per heavy atom. The highest BCUT2D eigenvalue weighted by molar-refractivity contribution is 7.99. The third kappa shape index (κ3) is 21.4. The first-order valence-electron chi connectivity index (χ1n) is 39.2. The van der Waals surface area contributed by atoms with Crippen LogP contribution >= 0.6 is 34.7 Å². The number of alkyl halides is 3. The number of sulfonamides is 1. The van der Waals surface area contributed by atoms with Crippen LogP contribution in [0.5, 0.6) is 0 Å². The van der Waals surface area contributed by atoms with E-state index in [2.05, 4.69) is 64.5 Å². The van der Waals surface area contributed by atoms with Gasteiger partial charge in [-0.05, 0) is 159 Å². The molecule has 8 atom stereocenters. The van der Waals surface area contributed by atoms with Gasteiger partial charge in [-0.2, -0.15) is 13.2 Å². The number of aliphatic hydroxyl groups excluding tert-OH is 1. The van der Waals surface area contributed by atoms with E-state index in [-0.39, 0.29) is 66.2 Å². The van der Waals surface area contributed by atoms with E-state index >= 15 is 0 Å². The van der Waals surface area contributed by atoms with Gasteiger partial charge in [0, 0.05) is 143 Å². The van der Waals surface area contributed by atoms with Crippen LogP contribution in [0.2, 0.25) is 5.02 Å². The minimum atomic E-state index is -6.11. The maximum atomic E-state index is 14.4. The monoisotopic (exact) mass is 1650 g/mol. The molecule has 6 heterocycles. The van der Waals surface area contributed by atoms with E-state index in [1.54, 1.807) is 23.5 Å². The lowest BCUT2D eigenvalue weighted by Gasteiger charge is -2.44. The number of anilines is 2. The summed E-state index contributed by atoms with van der Waals surface area (Å²) in [5.74, 6) is -1.59. The Bertz CT molecular complexity index is 4600. The van der Waals surface area contributed by atoms with Crippen molar-refractivity contribution in [2.24, 2.45) is 10.8 Å². The molecule has 1 aliphatic carbocycles. The Balaban J connectivity index is 0.589. The molecule has 5 fully saturated rings. The number of benzene rings is 5. The number of nitrogens with zero attached hydrogens (tertiary/aromatic N) is 7. The molecule has 0 spiro atoms. The lowest BCUT2D eigenvalue weighted by Crippen LogP contribution is -2.57. The van der Waals surface area contributed by atoms with Gasteiger partial charge < -0.3 is 40.5 Å². The first kappa shape index (κ1) is 84.9. The second-order valence-corrected chi connectivity index (χ2v) is 38.4. The number of unbranched alkanes of at least 4 members (excludes halogenated alkanes) is 3. The molecule has 6 aliphatic rings. The summed E-state index contributed by atoms with van der Waals surface area (Å²) in [4.78, 5) is 86.4. The van der Waals surface area contributed by atoms with Gasteiger partial charge >= 0.3 is 5.51 Å². The van der Waals surface area contributed by atoms with Crippen molar-refractivity contribution in [3.8, 4) is 10.4 Å². The molecule has 5 aliphatic heterocycles. The van der Waals surface area contributed by atoms with Crippen molar-refractivity contribution in [1.82, 2.24) is 44.8 Å². The maximum Gasteiger partial charge on any atom is 0.501 e. The minimum Gasteiger partial charge on any atom is -0.391 e. The molecule has 2 bridgehead atoms. The summed E-state index contributed by atoms with van der Waals surface area (Å²) in [7, 11) is -11.0. The zero-order valence-corrected chi connectivity index (χ0v) is 69.1. The molecule has 5 N–H and O–H groups in total. The number of carbonyl (C=O) groups is 5. The summed E-state index contributed by atoms with van der Waals surface area (Å²) >= 11 is 9.42. The fourth-order valence-corrected chi connectivity index (χ4v) is 20.5. The van der Waals surface area contributed by atoms with Crippen LogP contribution in [0.25, 0.3) is 16.0 Å². The number of amides is 5. The Hall–Kier alpha value is -7.45. The third-order valence-electron chi connectivity index (χ3n) is 22.9. The summed E-state index contributed by atoms with van der Waals surface area (Å²) < 4.78 is 105. The number of β-amino-alcohol motifs (C(OH)–C–C–N with tert-alkyl or cyclic N) is 1. The Kier molecular flexibility index (Phi) is 27.7. The Morgan fingerprint density at radius 1 is 0.779 bits per heavy atom. The average Bonchev–Trinajstić information content (AvgIpc) is 1.69. The number of sulfone groups is 1. The first-order valence-corrected chi connectivity index (χ1v) is 44.4. The number of aliphatic hydroxyl groups is 1. The molecule has 22 nitrogen and oxygen atoms in total. The number of morpholine rings is 1. The van der Waals surface area contributed by atoms with Gasteiger partial charge in [0.2, 0.25) is 23.6 Å². The van der Waals surface area contributed by atoms with Crippen molar-refractivity contribution >= 4 is 101 Å². The van der Waals surface area contributed by atoms with Gasteiger partial charge in [0.1, 0.15) is 17.0 Å². The number of piperazine rings is 2. The third-order valence-corrected chi connectivity index (χ3v) is 28.2. The Morgan fingerprint density at radius 2 is 1.47 bits per heavy atom. The number of halogens is 4. The number of aromatic nitrogens is 1. The molecule has 5 amide bonds. The molecule has 1 aromatic heterocycles. The highest BCUT2D eigenvalue weighted by Gasteiger charge is 2.50. The smallest absolute Gasteiger partial charge is 0.391 e. The van der Waals surface area contributed by atoms with E-state index in [4.69, 9.17) is 16.3 Å². The minimum absolute atomic E-state index is 0.0195. The second-order valence-electron chi connectivity index (χ2n) is 32.5. The topological polar surface area (TPSA) is 264 Å². The number of rotatable bonds is 31. The number of aryl methyl sites for hydroxylation is 1. The van der Waals surface area contributed by atoms with E-state index in [9.17, 15) is 59.1 Å². The zero-order chi connectivity index (χ0) is 80.6. The highest BCUT2D eigenvalue weighted by atomic mass is 35.5. The van der Waals surface area contributed by atoms with Crippen LogP contribution in [0.4, 0.5) is 24.5 Å². The summed E-state index contributed by atoms with van der Waals surface area (Å²) in [5.41, 5.74) is 2.42. The van der Waals surface area contributed by atoms with E-state index in [0.717, 1.165) is 121 Å². The van der Waals surface area contributed by atoms with Crippen molar-refractivity contribution in [1.29, 1.82) is 0 Å². The fraction of sp³-hybridized carbons (Fsp3) is 0.518. The molecule has 0 radical (unpaired) electrons. The van der Waals surface area contributed by atoms with Crippen molar-refractivity contribution in [2.45, 2.75) is 181 Å². The van der Waals surface area contributed by atoms with Crippen molar-refractivity contribution in [2.75, 3.05) is 108 Å². The number of nitrogens with one attached hydrogen (secondary N) is 4. The Labute approximate surface area is 675 Å². The summed E-state index contributed by atoms with van der Waals surface area (Å²) in [6.45, 7) is 20.8. The van der Waals surface area contributed by atoms with Gasteiger partial charge in [-0.1, -0.05) is 112 Å². The molecule has 1 unspecified atom stereocenters. The van der Waals surface area contributed by atoms with E-state index in [1.807, 2.05) is 112 Å². The second kappa shape index (κ2) is 36.8. The van der Waals surface area contributed by atoms with E-state index in [0.29, 0.717) is 95.0 Å². The molecule has 0 saturated carbocycles. The maximum absolute atomic E-state index is 14.4.